The highest BCUT2D eigenvalue weighted by molar-refractivity contribution is 6.04. The molecular formula is C24H30N4O3. The van der Waals surface area contributed by atoms with E-state index in [4.69, 9.17) is 4.74 Å². The van der Waals surface area contributed by atoms with Crippen LogP contribution >= 0.6 is 0 Å². The number of piperazine rings is 1. The van der Waals surface area contributed by atoms with Crippen LogP contribution in [0.5, 0.6) is 5.75 Å². The van der Waals surface area contributed by atoms with Crippen molar-refractivity contribution >= 4 is 17.5 Å². The first kappa shape index (κ1) is 21.3. The molecule has 2 fully saturated rings. The smallest absolute Gasteiger partial charge is 0.253 e. The van der Waals surface area contributed by atoms with Gasteiger partial charge in [-0.3, -0.25) is 19.4 Å². The summed E-state index contributed by atoms with van der Waals surface area (Å²) in [4.78, 5) is 29.6. The fourth-order valence-electron chi connectivity index (χ4n) is 3.77. The van der Waals surface area contributed by atoms with Crippen LogP contribution < -0.4 is 15.4 Å². The highest BCUT2D eigenvalue weighted by Crippen LogP contribution is 2.21. The van der Waals surface area contributed by atoms with Gasteiger partial charge in [0.2, 0.25) is 5.91 Å². The first-order valence-electron chi connectivity index (χ1n) is 10.9. The minimum absolute atomic E-state index is 0.0877. The highest BCUT2D eigenvalue weighted by Gasteiger charge is 2.25. The minimum atomic E-state index is -0.120. The summed E-state index contributed by atoms with van der Waals surface area (Å²) in [5.74, 6) is 0.659. The molecule has 7 nitrogen and oxygen atoms in total. The van der Waals surface area contributed by atoms with Gasteiger partial charge in [0.15, 0.2) is 0 Å². The number of hydrogen-bond donors (Lipinski definition) is 2. The zero-order chi connectivity index (χ0) is 21.6. The normalized spacial score (nSPS) is 17.2. The van der Waals surface area contributed by atoms with Crippen LogP contribution in [0.15, 0.2) is 48.5 Å². The number of carbonyl (C=O) groups is 2. The van der Waals surface area contributed by atoms with E-state index in [0.29, 0.717) is 17.8 Å². The quantitative estimate of drug-likeness (QED) is 0.683. The Kier molecular flexibility index (Phi) is 6.84. The summed E-state index contributed by atoms with van der Waals surface area (Å²) in [6, 6.07) is 15.6. The van der Waals surface area contributed by atoms with Gasteiger partial charge in [-0.15, -0.1) is 0 Å². The van der Waals surface area contributed by atoms with Gasteiger partial charge in [-0.2, -0.15) is 0 Å². The number of para-hydroxylation sites is 1. The largest absolute Gasteiger partial charge is 0.497 e. The SMILES string of the molecule is COc1ccc(CN2CCN(CC(=O)Nc3ccccc3C(=O)NC3CC3)CC2)cc1. The summed E-state index contributed by atoms with van der Waals surface area (Å²) < 4.78 is 5.21. The summed E-state index contributed by atoms with van der Waals surface area (Å²) in [6.45, 7) is 4.74. The molecule has 1 aliphatic heterocycles. The van der Waals surface area contributed by atoms with Crippen LogP contribution in [-0.4, -0.2) is 67.5 Å². The third-order valence-corrected chi connectivity index (χ3v) is 5.76. The van der Waals surface area contributed by atoms with Gasteiger partial charge in [-0.1, -0.05) is 24.3 Å². The van der Waals surface area contributed by atoms with E-state index in [1.54, 1.807) is 19.2 Å². The standard InChI is InChI=1S/C24H30N4O3/c1-31-20-10-6-18(7-11-20)16-27-12-14-28(15-13-27)17-23(29)26-22-5-3-2-4-21(22)24(30)25-19-8-9-19/h2-7,10-11,19H,8-9,12-17H2,1H3,(H,25,30)(H,26,29). The lowest BCUT2D eigenvalue weighted by Gasteiger charge is -2.34. The van der Waals surface area contributed by atoms with Crippen LogP contribution in [-0.2, 0) is 11.3 Å². The zero-order valence-electron chi connectivity index (χ0n) is 18.0. The molecule has 0 atom stereocenters. The summed E-state index contributed by atoms with van der Waals surface area (Å²) in [5.41, 5.74) is 2.35. The molecule has 2 aromatic carbocycles. The van der Waals surface area contributed by atoms with E-state index in [1.165, 1.54) is 5.56 Å². The average molecular weight is 423 g/mol. The predicted molar refractivity (Wildman–Crippen MR) is 120 cm³/mol. The van der Waals surface area contributed by atoms with Crippen molar-refractivity contribution in [1.29, 1.82) is 0 Å². The van der Waals surface area contributed by atoms with Crippen molar-refractivity contribution in [2.45, 2.75) is 25.4 Å². The van der Waals surface area contributed by atoms with E-state index < -0.39 is 0 Å². The summed E-state index contributed by atoms with van der Waals surface area (Å²) >= 11 is 0. The van der Waals surface area contributed by atoms with E-state index >= 15 is 0 Å². The van der Waals surface area contributed by atoms with E-state index in [1.807, 2.05) is 24.3 Å². The van der Waals surface area contributed by atoms with Crippen LogP contribution in [0.2, 0.25) is 0 Å². The van der Waals surface area contributed by atoms with Gasteiger partial charge < -0.3 is 15.4 Å². The average Bonchev–Trinajstić information content (AvgIpc) is 3.60. The zero-order valence-corrected chi connectivity index (χ0v) is 18.0. The molecule has 0 radical (unpaired) electrons. The van der Waals surface area contributed by atoms with Crippen LogP contribution in [0.4, 0.5) is 5.69 Å². The minimum Gasteiger partial charge on any atom is -0.497 e. The maximum atomic E-state index is 12.6. The van der Waals surface area contributed by atoms with Crippen molar-refractivity contribution in [2.24, 2.45) is 0 Å². The van der Waals surface area contributed by atoms with Crippen molar-refractivity contribution in [3.05, 3.63) is 59.7 Å². The van der Waals surface area contributed by atoms with Gasteiger partial charge in [0.25, 0.3) is 5.91 Å². The van der Waals surface area contributed by atoms with Crippen LogP contribution in [0.25, 0.3) is 0 Å². The number of anilines is 1. The van der Waals surface area contributed by atoms with Gasteiger partial charge in [0.1, 0.15) is 5.75 Å². The summed E-state index contributed by atoms with van der Waals surface area (Å²) in [7, 11) is 1.67. The first-order chi connectivity index (χ1) is 15.1. The number of hydrogen-bond acceptors (Lipinski definition) is 5. The lowest BCUT2D eigenvalue weighted by Crippen LogP contribution is -2.48. The molecule has 1 saturated carbocycles. The molecule has 0 spiro atoms. The molecule has 7 heteroatoms. The maximum Gasteiger partial charge on any atom is 0.253 e. The summed E-state index contributed by atoms with van der Waals surface area (Å²) in [5, 5.41) is 5.91. The predicted octanol–water partition coefficient (Wildman–Crippen LogP) is 2.34. The van der Waals surface area contributed by atoms with Gasteiger partial charge in [0.05, 0.1) is 24.9 Å². The van der Waals surface area contributed by atoms with E-state index in [9.17, 15) is 9.59 Å². The van der Waals surface area contributed by atoms with Crippen molar-refractivity contribution in [2.75, 3.05) is 45.2 Å². The molecular weight excluding hydrogens is 392 g/mol. The molecule has 2 aliphatic rings. The lowest BCUT2D eigenvalue weighted by molar-refractivity contribution is -0.117. The summed E-state index contributed by atoms with van der Waals surface area (Å²) in [6.07, 6.45) is 2.06. The molecule has 2 N–H and O–H groups in total. The number of carbonyl (C=O) groups excluding carboxylic acids is 2. The van der Waals surface area contributed by atoms with E-state index in [2.05, 4.69) is 32.6 Å². The number of nitrogens with zero attached hydrogens (tertiary/aromatic N) is 2. The fraction of sp³-hybridized carbons (Fsp3) is 0.417. The van der Waals surface area contributed by atoms with Gasteiger partial charge >= 0.3 is 0 Å². The van der Waals surface area contributed by atoms with Crippen molar-refractivity contribution in [1.82, 2.24) is 15.1 Å². The molecule has 2 amide bonds. The Balaban J connectivity index is 1.24. The van der Waals surface area contributed by atoms with Crippen LogP contribution in [0.1, 0.15) is 28.8 Å². The Morgan fingerprint density at radius 3 is 2.32 bits per heavy atom. The molecule has 1 saturated heterocycles. The molecule has 0 unspecified atom stereocenters. The molecule has 4 rings (SSSR count). The Hall–Kier alpha value is -2.90. The molecule has 0 aromatic heterocycles. The molecule has 2 aromatic rings. The van der Waals surface area contributed by atoms with Gasteiger partial charge in [-0.05, 0) is 42.7 Å². The topological polar surface area (TPSA) is 73.9 Å². The third-order valence-electron chi connectivity index (χ3n) is 5.76. The van der Waals surface area contributed by atoms with Crippen molar-refractivity contribution in [3.63, 3.8) is 0 Å². The Labute approximate surface area is 183 Å². The molecule has 31 heavy (non-hydrogen) atoms. The second kappa shape index (κ2) is 9.94. The second-order valence-electron chi connectivity index (χ2n) is 8.24. The number of rotatable bonds is 8. The fourth-order valence-corrected chi connectivity index (χ4v) is 3.77. The molecule has 1 aliphatic carbocycles. The molecule has 164 valence electrons. The van der Waals surface area contributed by atoms with Gasteiger partial charge in [-0.25, -0.2) is 0 Å². The second-order valence-corrected chi connectivity index (χ2v) is 8.24. The molecule has 0 bridgehead atoms. The van der Waals surface area contributed by atoms with Crippen molar-refractivity contribution < 1.29 is 14.3 Å². The Bertz CT molecular complexity index is 903. The number of ether oxygens (including phenoxy) is 1. The lowest BCUT2D eigenvalue weighted by atomic mass is 10.1. The van der Waals surface area contributed by atoms with Crippen molar-refractivity contribution in [3.8, 4) is 5.75 Å². The van der Waals surface area contributed by atoms with Gasteiger partial charge in [0, 0.05) is 38.8 Å². The number of nitrogens with one attached hydrogen (secondary N) is 2. The number of benzene rings is 2. The Morgan fingerprint density at radius 1 is 0.968 bits per heavy atom. The third kappa shape index (κ3) is 6.06. The number of amides is 2. The molecule has 1 heterocycles. The first-order valence-corrected chi connectivity index (χ1v) is 10.9. The van der Waals surface area contributed by atoms with Crippen LogP contribution in [0.3, 0.4) is 0 Å². The Morgan fingerprint density at radius 2 is 1.65 bits per heavy atom. The van der Waals surface area contributed by atoms with E-state index in [-0.39, 0.29) is 17.9 Å². The monoisotopic (exact) mass is 422 g/mol. The van der Waals surface area contributed by atoms with E-state index in [0.717, 1.165) is 51.3 Å². The van der Waals surface area contributed by atoms with Crippen LogP contribution in [0, 0.1) is 0 Å². The number of methoxy groups -OCH3 is 1. The highest BCUT2D eigenvalue weighted by atomic mass is 16.5. The maximum absolute atomic E-state index is 12.6.